The second-order valence-corrected chi connectivity index (χ2v) is 9.21. The van der Waals surface area contributed by atoms with Gasteiger partial charge in [0, 0.05) is 32.2 Å². The van der Waals surface area contributed by atoms with Crippen LogP contribution in [0.4, 0.5) is 13.2 Å². The predicted octanol–water partition coefficient (Wildman–Crippen LogP) is 1.73. The number of piperidine rings is 1. The van der Waals surface area contributed by atoms with Crippen molar-refractivity contribution in [1.82, 2.24) is 19.8 Å². The summed E-state index contributed by atoms with van der Waals surface area (Å²) in [6, 6.07) is -0.101. The molecule has 2 rings (SSSR count). The van der Waals surface area contributed by atoms with E-state index in [1.54, 1.807) is 0 Å². The van der Waals surface area contributed by atoms with Crippen molar-refractivity contribution >= 4 is 16.0 Å². The van der Waals surface area contributed by atoms with Crippen LogP contribution >= 0.6 is 0 Å². The minimum atomic E-state index is -5.24. The van der Waals surface area contributed by atoms with Crippen molar-refractivity contribution < 1.29 is 21.6 Å². The van der Waals surface area contributed by atoms with E-state index in [0.717, 1.165) is 19.6 Å². The third-order valence-electron chi connectivity index (χ3n) is 5.16. The lowest BCUT2D eigenvalue weighted by molar-refractivity contribution is -0.0494. The standard InChI is InChI=1S/C17H32F3N5O2S/c1-2-21-16(22-9-14-24-10-5-3-4-6-11-24)23-15-7-12-25(13-8-15)28(26,27)17(18,19)20/h15H,2-14H2,1H3,(H2,21,22,23). The summed E-state index contributed by atoms with van der Waals surface area (Å²) in [4.78, 5) is 7.00. The Morgan fingerprint density at radius 1 is 1.07 bits per heavy atom. The molecule has 11 heteroatoms. The molecule has 2 saturated heterocycles. The summed E-state index contributed by atoms with van der Waals surface area (Å²) in [5, 5.41) is 6.39. The zero-order valence-electron chi connectivity index (χ0n) is 16.5. The van der Waals surface area contributed by atoms with Crippen LogP contribution in [-0.2, 0) is 10.0 Å². The van der Waals surface area contributed by atoms with Gasteiger partial charge in [-0.05, 0) is 45.7 Å². The van der Waals surface area contributed by atoms with E-state index in [1.807, 2.05) is 6.92 Å². The molecule has 0 saturated carbocycles. The van der Waals surface area contributed by atoms with E-state index in [0.29, 0.717) is 36.2 Å². The number of sulfonamides is 1. The van der Waals surface area contributed by atoms with Crippen LogP contribution in [0, 0.1) is 0 Å². The van der Waals surface area contributed by atoms with E-state index in [-0.39, 0.29) is 19.1 Å². The van der Waals surface area contributed by atoms with Crippen LogP contribution in [0.3, 0.4) is 0 Å². The van der Waals surface area contributed by atoms with E-state index >= 15 is 0 Å². The fourth-order valence-corrected chi connectivity index (χ4v) is 4.55. The number of hydrogen-bond donors (Lipinski definition) is 2. The lowest BCUT2D eigenvalue weighted by Crippen LogP contribution is -2.51. The number of guanidine groups is 1. The zero-order chi connectivity index (χ0) is 20.6. The van der Waals surface area contributed by atoms with Crippen molar-refractivity contribution in [2.24, 2.45) is 4.99 Å². The Hall–Kier alpha value is -1.07. The Labute approximate surface area is 165 Å². The van der Waals surface area contributed by atoms with Crippen LogP contribution in [0.1, 0.15) is 45.4 Å². The van der Waals surface area contributed by atoms with Crippen LogP contribution in [0.2, 0.25) is 0 Å². The smallest absolute Gasteiger partial charge is 0.357 e. The number of nitrogens with zero attached hydrogens (tertiary/aromatic N) is 3. The average Bonchev–Trinajstić information content (AvgIpc) is 2.90. The predicted molar refractivity (Wildman–Crippen MR) is 104 cm³/mol. The first-order valence-electron chi connectivity index (χ1n) is 10.1. The SMILES string of the molecule is CCNC(=NCCN1CCCCCC1)NC1CCN(S(=O)(=O)C(F)(F)F)CC1. The molecular weight excluding hydrogens is 395 g/mol. The van der Waals surface area contributed by atoms with Gasteiger partial charge in [0.1, 0.15) is 0 Å². The number of rotatable bonds is 6. The van der Waals surface area contributed by atoms with Crippen molar-refractivity contribution in [3.8, 4) is 0 Å². The number of likely N-dealkylation sites (tertiary alicyclic amines) is 1. The Bertz CT molecular complexity index is 596. The van der Waals surface area contributed by atoms with Crippen LogP contribution in [0.15, 0.2) is 4.99 Å². The van der Waals surface area contributed by atoms with Crippen LogP contribution in [0.5, 0.6) is 0 Å². The summed E-state index contributed by atoms with van der Waals surface area (Å²) in [7, 11) is -5.24. The lowest BCUT2D eigenvalue weighted by Gasteiger charge is -2.32. The van der Waals surface area contributed by atoms with E-state index in [4.69, 9.17) is 0 Å². The van der Waals surface area contributed by atoms with E-state index in [2.05, 4.69) is 20.5 Å². The van der Waals surface area contributed by atoms with Gasteiger partial charge >= 0.3 is 15.5 Å². The Morgan fingerprint density at radius 2 is 1.68 bits per heavy atom. The minimum absolute atomic E-state index is 0.101. The molecule has 2 aliphatic rings. The average molecular weight is 428 g/mol. The van der Waals surface area contributed by atoms with Gasteiger partial charge in [0.2, 0.25) is 0 Å². The van der Waals surface area contributed by atoms with Crippen molar-refractivity contribution in [1.29, 1.82) is 0 Å². The van der Waals surface area contributed by atoms with Crippen LogP contribution in [-0.4, -0.2) is 80.9 Å². The summed E-state index contributed by atoms with van der Waals surface area (Å²) < 4.78 is 61.5. The number of alkyl halides is 3. The molecule has 0 aromatic rings. The lowest BCUT2D eigenvalue weighted by atomic mass is 10.1. The van der Waals surface area contributed by atoms with Gasteiger partial charge in [-0.1, -0.05) is 12.8 Å². The highest BCUT2D eigenvalue weighted by atomic mass is 32.2. The van der Waals surface area contributed by atoms with Gasteiger partial charge in [-0.25, -0.2) is 8.42 Å². The summed E-state index contributed by atoms with van der Waals surface area (Å²) in [5.74, 6) is 0.634. The first kappa shape index (κ1) is 23.2. The number of nitrogens with one attached hydrogen (secondary N) is 2. The summed E-state index contributed by atoms with van der Waals surface area (Å²) in [6.07, 6.45) is 5.64. The second kappa shape index (κ2) is 10.6. The van der Waals surface area contributed by atoms with E-state index in [9.17, 15) is 21.6 Å². The third-order valence-corrected chi connectivity index (χ3v) is 6.79. The van der Waals surface area contributed by atoms with Crippen molar-refractivity contribution in [2.75, 3.05) is 45.8 Å². The second-order valence-electron chi connectivity index (χ2n) is 7.28. The topological polar surface area (TPSA) is 77.0 Å². The fourth-order valence-electron chi connectivity index (χ4n) is 3.56. The molecule has 0 aromatic carbocycles. The highest BCUT2D eigenvalue weighted by Crippen LogP contribution is 2.28. The molecular formula is C17H32F3N5O2S. The largest absolute Gasteiger partial charge is 0.511 e. The first-order valence-corrected chi connectivity index (χ1v) is 11.5. The molecule has 2 heterocycles. The normalized spacial score (nSPS) is 22.1. The van der Waals surface area contributed by atoms with Gasteiger partial charge < -0.3 is 15.5 Å². The molecule has 0 unspecified atom stereocenters. The fraction of sp³-hybridized carbons (Fsp3) is 0.941. The van der Waals surface area contributed by atoms with Crippen LogP contribution < -0.4 is 10.6 Å². The van der Waals surface area contributed by atoms with E-state index < -0.39 is 15.5 Å². The van der Waals surface area contributed by atoms with Gasteiger partial charge in [-0.2, -0.15) is 17.5 Å². The molecule has 0 spiro atoms. The molecule has 2 fully saturated rings. The van der Waals surface area contributed by atoms with Gasteiger partial charge in [-0.15, -0.1) is 0 Å². The number of halogens is 3. The molecule has 0 bridgehead atoms. The molecule has 0 aliphatic carbocycles. The van der Waals surface area contributed by atoms with Crippen molar-refractivity contribution in [3.63, 3.8) is 0 Å². The third kappa shape index (κ3) is 6.77. The minimum Gasteiger partial charge on any atom is -0.357 e. The van der Waals surface area contributed by atoms with Gasteiger partial charge in [0.15, 0.2) is 5.96 Å². The van der Waals surface area contributed by atoms with E-state index in [1.165, 1.54) is 25.7 Å². The Kier molecular flexibility index (Phi) is 8.81. The van der Waals surface area contributed by atoms with Gasteiger partial charge in [-0.3, -0.25) is 4.99 Å². The van der Waals surface area contributed by atoms with Crippen LogP contribution in [0.25, 0.3) is 0 Å². The highest BCUT2D eigenvalue weighted by Gasteiger charge is 2.50. The molecule has 0 radical (unpaired) electrons. The Balaban J connectivity index is 1.82. The van der Waals surface area contributed by atoms with Gasteiger partial charge in [0.05, 0.1) is 6.54 Å². The maximum absolute atomic E-state index is 12.7. The van der Waals surface area contributed by atoms with Crippen molar-refractivity contribution in [3.05, 3.63) is 0 Å². The molecule has 2 aliphatic heterocycles. The monoisotopic (exact) mass is 427 g/mol. The molecule has 0 atom stereocenters. The summed E-state index contributed by atoms with van der Waals surface area (Å²) >= 11 is 0. The number of hydrogen-bond acceptors (Lipinski definition) is 4. The molecule has 7 nitrogen and oxygen atoms in total. The Morgan fingerprint density at radius 3 is 2.21 bits per heavy atom. The van der Waals surface area contributed by atoms with Crippen molar-refractivity contribution in [2.45, 2.75) is 57.0 Å². The maximum atomic E-state index is 12.7. The van der Waals surface area contributed by atoms with Gasteiger partial charge in [0.25, 0.3) is 0 Å². The number of aliphatic imine (C=N–C) groups is 1. The first-order chi connectivity index (χ1) is 13.2. The molecule has 0 amide bonds. The zero-order valence-corrected chi connectivity index (χ0v) is 17.3. The molecule has 2 N–H and O–H groups in total. The molecule has 0 aromatic heterocycles. The summed E-state index contributed by atoms with van der Waals surface area (Å²) in [6.45, 7) is 6.08. The molecule has 28 heavy (non-hydrogen) atoms. The summed E-state index contributed by atoms with van der Waals surface area (Å²) in [5.41, 5.74) is -5.24. The highest BCUT2D eigenvalue weighted by molar-refractivity contribution is 7.90. The quantitative estimate of drug-likeness (QED) is 0.499. The maximum Gasteiger partial charge on any atom is 0.511 e. The molecule has 164 valence electrons.